The Morgan fingerprint density at radius 1 is 1.06 bits per heavy atom. The smallest absolute Gasteiger partial charge is 0.243 e. The molecular weight excluding hydrogens is 388 g/mol. The molecule has 0 fully saturated rings. The molecule has 0 heterocycles. The van der Waals surface area contributed by atoms with Crippen LogP contribution in [0.15, 0.2) is 54.6 Å². The van der Waals surface area contributed by atoms with Gasteiger partial charge in [-0.3, -0.25) is 9.59 Å². The van der Waals surface area contributed by atoms with Crippen molar-refractivity contribution in [3.63, 3.8) is 0 Å². The average molecular weight is 425 g/mol. The van der Waals surface area contributed by atoms with E-state index in [1.807, 2.05) is 83.1 Å². The van der Waals surface area contributed by atoms with Gasteiger partial charge in [0.2, 0.25) is 11.8 Å². The molecule has 0 aliphatic heterocycles. The largest absolute Gasteiger partial charge is 0.494 e. The fourth-order valence-corrected chi connectivity index (χ4v) is 3.45. The molecular formula is C26H36N2O3. The van der Waals surface area contributed by atoms with E-state index in [1.54, 1.807) is 4.90 Å². The molecule has 0 aliphatic rings. The minimum absolute atomic E-state index is 0.0333. The van der Waals surface area contributed by atoms with E-state index in [0.717, 1.165) is 16.9 Å². The molecule has 31 heavy (non-hydrogen) atoms. The summed E-state index contributed by atoms with van der Waals surface area (Å²) in [6, 6.07) is 17.1. The van der Waals surface area contributed by atoms with E-state index in [0.29, 0.717) is 32.4 Å². The highest BCUT2D eigenvalue weighted by molar-refractivity contribution is 5.88. The second-order valence-electron chi connectivity index (χ2n) is 8.94. The van der Waals surface area contributed by atoms with Crippen molar-refractivity contribution >= 4 is 11.8 Å². The highest BCUT2D eigenvalue weighted by Gasteiger charge is 2.30. The van der Waals surface area contributed by atoms with Crippen molar-refractivity contribution < 1.29 is 14.3 Å². The first-order valence-corrected chi connectivity index (χ1v) is 11.0. The zero-order chi connectivity index (χ0) is 22.9. The number of amides is 2. The molecule has 0 bridgehead atoms. The summed E-state index contributed by atoms with van der Waals surface area (Å²) < 4.78 is 5.72. The summed E-state index contributed by atoms with van der Waals surface area (Å²) in [7, 11) is 0. The molecule has 0 aromatic heterocycles. The molecule has 5 nitrogen and oxygen atoms in total. The number of aryl methyl sites for hydroxylation is 1. The lowest BCUT2D eigenvalue weighted by Gasteiger charge is -2.33. The van der Waals surface area contributed by atoms with Crippen LogP contribution in [0.4, 0.5) is 0 Å². The van der Waals surface area contributed by atoms with Crippen molar-refractivity contribution in [1.82, 2.24) is 10.2 Å². The summed E-state index contributed by atoms with van der Waals surface area (Å²) in [5.41, 5.74) is 1.80. The maximum Gasteiger partial charge on any atom is 0.243 e. The molecule has 0 saturated carbocycles. The molecule has 1 atom stereocenters. The van der Waals surface area contributed by atoms with Crippen LogP contribution in [0.25, 0.3) is 0 Å². The van der Waals surface area contributed by atoms with Crippen molar-refractivity contribution in [2.24, 2.45) is 0 Å². The summed E-state index contributed by atoms with van der Waals surface area (Å²) in [5.74, 6) is 0.646. The van der Waals surface area contributed by atoms with Crippen molar-refractivity contribution in [2.75, 3.05) is 6.61 Å². The lowest BCUT2D eigenvalue weighted by molar-refractivity contribution is -0.142. The molecule has 0 unspecified atom stereocenters. The number of hydrogen-bond donors (Lipinski definition) is 1. The first-order chi connectivity index (χ1) is 14.7. The molecule has 2 rings (SSSR count). The Hall–Kier alpha value is -2.82. The van der Waals surface area contributed by atoms with Crippen molar-refractivity contribution in [1.29, 1.82) is 0 Å². The van der Waals surface area contributed by atoms with Gasteiger partial charge in [-0.05, 0) is 58.2 Å². The van der Waals surface area contributed by atoms with E-state index in [9.17, 15) is 9.59 Å². The van der Waals surface area contributed by atoms with Gasteiger partial charge in [-0.1, -0.05) is 55.0 Å². The molecule has 0 saturated heterocycles. The molecule has 2 aromatic rings. The maximum atomic E-state index is 13.2. The highest BCUT2D eigenvalue weighted by atomic mass is 16.5. The van der Waals surface area contributed by atoms with E-state index in [-0.39, 0.29) is 17.4 Å². The van der Waals surface area contributed by atoms with Gasteiger partial charge in [0.15, 0.2) is 0 Å². The lowest BCUT2D eigenvalue weighted by atomic mass is 10.0. The van der Waals surface area contributed by atoms with Crippen molar-refractivity contribution in [3.8, 4) is 5.75 Å². The summed E-state index contributed by atoms with van der Waals surface area (Å²) in [5, 5.41) is 3.03. The number of nitrogens with zero attached hydrogens (tertiary/aromatic N) is 1. The Bertz CT molecular complexity index is 843. The lowest BCUT2D eigenvalue weighted by Crippen LogP contribution is -2.53. The Labute approximate surface area is 186 Å². The Balaban J connectivity index is 2.09. The molecule has 0 radical (unpaired) electrons. The first kappa shape index (κ1) is 24.4. The Morgan fingerprint density at radius 3 is 2.39 bits per heavy atom. The fourth-order valence-electron chi connectivity index (χ4n) is 3.45. The zero-order valence-electron chi connectivity index (χ0n) is 19.5. The summed E-state index contributed by atoms with van der Waals surface area (Å²) in [6.45, 7) is 10.7. The molecule has 2 amide bonds. The van der Waals surface area contributed by atoms with Gasteiger partial charge in [0.1, 0.15) is 11.8 Å². The average Bonchev–Trinajstić information content (AvgIpc) is 2.70. The molecule has 5 heteroatoms. The third kappa shape index (κ3) is 8.44. The van der Waals surface area contributed by atoms with E-state index < -0.39 is 6.04 Å². The van der Waals surface area contributed by atoms with Crippen LogP contribution >= 0.6 is 0 Å². The van der Waals surface area contributed by atoms with Gasteiger partial charge in [0, 0.05) is 18.5 Å². The maximum absolute atomic E-state index is 13.2. The van der Waals surface area contributed by atoms with Gasteiger partial charge in [0.05, 0.1) is 6.61 Å². The minimum atomic E-state index is -0.512. The van der Waals surface area contributed by atoms with E-state index >= 15 is 0 Å². The number of carbonyl (C=O) groups excluding carboxylic acids is 2. The number of rotatable bonds is 10. The summed E-state index contributed by atoms with van der Waals surface area (Å²) in [6.07, 6.45) is 1.48. The van der Waals surface area contributed by atoms with Crippen LogP contribution in [-0.2, 0) is 16.1 Å². The first-order valence-electron chi connectivity index (χ1n) is 11.0. The molecule has 168 valence electrons. The Kier molecular flexibility index (Phi) is 9.10. The van der Waals surface area contributed by atoms with Crippen molar-refractivity contribution in [3.05, 3.63) is 65.7 Å². The van der Waals surface area contributed by atoms with Gasteiger partial charge >= 0.3 is 0 Å². The van der Waals surface area contributed by atoms with Gasteiger partial charge in [-0.2, -0.15) is 0 Å². The zero-order valence-corrected chi connectivity index (χ0v) is 19.5. The SMILES string of the molecule is CC[C@H](C(=O)NC(C)(C)C)N(Cc1cccc(C)c1)C(=O)CCCOc1ccccc1. The topological polar surface area (TPSA) is 58.6 Å². The molecule has 0 aliphatic carbocycles. The van der Waals surface area contributed by atoms with Gasteiger partial charge < -0.3 is 15.0 Å². The number of ether oxygens (including phenoxy) is 1. The van der Waals surface area contributed by atoms with Crippen LogP contribution in [0.1, 0.15) is 58.1 Å². The van der Waals surface area contributed by atoms with Crippen LogP contribution < -0.4 is 10.1 Å². The Morgan fingerprint density at radius 2 is 1.77 bits per heavy atom. The summed E-state index contributed by atoms with van der Waals surface area (Å²) in [4.78, 5) is 27.9. The standard InChI is InChI=1S/C26H36N2O3/c1-6-23(25(30)27-26(3,4)5)28(19-21-13-10-12-20(2)18-21)24(29)16-11-17-31-22-14-8-7-9-15-22/h7-10,12-15,18,23H,6,11,16-17,19H2,1-5H3,(H,27,30)/t23-/m1/s1. The highest BCUT2D eigenvalue weighted by Crippen LogP contribution is 2.17. The van der Waals surface area contributed by atoms with E-state index in [2.05, 4.69) is 11.4 Å². The quantitative estimate of drug-likeness (QED) is 0.553. The fraction of sp³-hybridized carbons (Fsp3) is 0.462. The second-order valence-corrected chi connectivity index (χ2v) is 8.94. The van der Waals surface area contributed by atoms with E-state index in [4.69, 9.17) is 4.74 Å². The number of para-hydroxylation sites is 1. The molecule has 0 spiro atoms. The number of nitrogens with one attached hydrogen (secondary N) is 1. The van der Waals surface area contributed by atoms with E-state index in [1.165, 1.54) is 0 Å². The third-order valence-electron chi connectivity index (χ3n) is 4.87. The minimum Gasteiger partial charge on any atom is -0.494 e. The van der Waals surface area contributed by atoms with Gasteiger partial charge in [-0.25, -0.2) is 0 Å². The number of carbonyl (C=O) groups is 2. The van der Waals surface area contributed by atoms with Crippen LogP contribution in [0.3, 0.4) is 0 Å². The van der Waals surface area contributed by atoms with Crippen LogP contribution in [0.5, 0.6) is 5.75 Å². The normalized spacial score (nSPS) is 12.2. The van der Waals surface area contributed by atoms with Gasteiger partial charge in [-0.15, -0.1) is 0 Å². The van der Waals surface area contributed by atoms with Crippen LogP contribution in [0, 0.1) is 6.92 Å². The summed E-state index contributed by atoms with van der Waals surface area (Å²) >= 11 is 0. The third-order valence-corrected chi connectivity index (χ3v) is 4.87. The van der Waals surface area contributed by atoms with Crippen LogP contribution in [0.2, 0.25) is 0 Å². The van der Waals surface area contributed by atoms with Gasteiger partial charge in [0.25, 0.3) is 0 Å². The predicted octanol–water partition coefficient (Wildman–Crippen LogP) is 4.88. The van der Waals surface area contributed by atoms with Crippen molar-refractivity contribution in [2.45, 2.75) is 72.0 Å². The second kappa shape index (κ2) is 11.5. The molecule has 1 N–H and O–H groups in total. The number of benzene rings is 2. The molecule has 2 aromatic carbocycles. The van der Waals surface area contributed by atoms with Crippen LogP contribution in [-0.4, -0.2) is 34.9 Å². The number of hydrogen-bond acceptors (Lipinski definition) is 3. The predicted molar refractivity (Wildman–Crippen MR) is 125 cm³/mol. The monoisotopic (exact) mass is 424 g/mol.